The molecule has 0 saturated carbocycles. The van der Waals surface area contributed by atoms with Crippen LogP contribution in [0.4, 0.5) is 5.95 Å². The highest BCUT2D eigenvalue weighted by atomic mass is 16.5. The van der Waals surface area contributed by atoms with E-state index in [0.717, 1.165) is 5.56 Å². The number of carbonyl (C=O) groups excluding carboxylic acids is 1. The smallest absolute Gasteiger partial charge is 0.341 e. The van der Waals surface area contributed by atoms with Gasteiger partial charge in [0.05, 0.1) is 12.7 Å². The molecule has 0 saturated heterocycles. The van der Waals surface area contributed by atoms with Gasteiger partial charge in [0.2, 0.25) is 5.95 Å². The van der Waals surface area contributed by atoms with Crippen molar-refractivity contribution in [1.82, 2.24) is 9.97 Å². The van der Waals surface area contributed by atoms with E-state index in [1.807, 2.05) is 30.3 Å². The minimum Gasteiger partial charge on any atom is -0.465 e. The maximum Gasteiger partial charge on any atom is 0.341 e. The summed E-state index contributed by atoms with van der Waals surface area (Å²) in [5.41, 5.74) is 1.47. The Kier molecular flexibility index (Phi) is 3.86. The predicted octanol–water partition coefficient (Wildman–Crippen LogP) is 1.88. The van der Waals surface area contributed by atoms with Crippen LogP contribution < -0.4 is 5.32 Å². The SMILES string of the molecule is COC(=O)c1cnc(NCc2ccccc2)nc1. The molecule has 1 heterocycles. The Morgan fingerprint density at radius 2 is 1.89 bits per heavy atom. The van der Waals surface area contributed by atoms with Gasteiger partial charge in [0.15, 0.2) is 0 Å². The van der Waals surface area contributed by atoms with Gasteiger partial charge in [-0.2, -0.15) is 0 Å². The van der Waals surface area contributed by atoms with Crippen LogP contribution in [0.2, 0.25) is 0 Å². The van der Waals surface area contributed by atoms with Gasteiger partial charge in [0, 0.05) is 18.9 Å². The van der Waals surface area contributed by atoms with Crippen molar-refractivity contribution in [3.05, 3.63) is 53.9 Å². The monoisotopic (exact) mass is 243 g/mol. The third-order valence-corrected chi connectivity index (χ3v) is 2.37. The molecule has 0 radical (unpaired) electrons. The second kappa shape index (κ2) is 5.77. The summed E-state index contributed by atoms with van der Waals surface area (Å²) in [5, 5.41) is 3.07. The third kappa shape index (κ3) is 3.04. The van der Waals surface area contributed by atoms with E-state index in [1.165, 1.54) is 19.5 Å². The summed E-state index contributed by atoms with van der Waals surface area (Å²) in [6.45, 7) is 0.637. The molecule has 1 aromatic carbocycles. The van der Waals surface area contributed by atoms with Crippen molar-refractivity contribution in [2.45, 2.75) is 6.54 Å². The van der Waals surface area contributed by atoms with Gasteiger partial charge in [-0.1, -0.05) is 30.3 Å². The minimum absolute atomic E-state index is 0.336. The standard InChI is InChI=1S/C13H13N3O2/c1-18-12(17)11-8-15-13(16-9-11)14-7-10-5-3-2-4-6-10/h2-6,8-9H,7H2,1H3,(H,14,15,16). The van der Waals surface area contributed by atoms with E-state index >= 15 is 0 Å². The molecule has 0 aliphatic heterocycles. The van der Waals surface area contributed by atoms with Gasteiger partial charge < -0.3 is 10.1 Å². The second-order valence-corrected chi connectivity index (χ2v) is 3.63. The minimum atomic E-state index is -0.440. The number of nitrogens with one attached hydrogen (secondary N) is 1. The van der Waals surface area contributed by atoms with E-state index in [9.17, 15) is 4.79 Å². The van der Waals surface area contributed by atoms with Crippen LogP contribution >= 0.6 is 0 Å². The fourth-order valence-electron chi connectivity index (χ4n) is 1.42. The zero-order chi connectivity index (χ0) is 12.8. The highest BCUT2D eigenvalue weighted by molar-refractivity contribution is 5.88. The van der Waals surface area contributed by atoms with E-state index in [0.29, 0.717) is 18.1 Å². The summed E-state index contributed by atoms with van der Waals surface area (Å²) in [6, 6.07) is 9.92. The van der Waals surface area contributed by atoms with E-state index < -0.39 is 5.97 Å². The predicted molar refractivity (Wildman–Crippen MR) is 67.1 cm³/mol. The number of nitrogens with zero attached hydrogens (tertiary/aromatic N) is 2. The molecule has 0 unspecified atom stereocenters. The molecule has 2 aromatic rings. The average molecular weight is 243 g/mol. The van der Waals surface area contributed by atoms with Gasteiger partial charge in [-0.25, -0.2) is 14.8 Å². The quantitative estimate of drug-likeness (QED) is 0.830. The molecule has 5 heteroatoms. The molecule has 1 aromatic heterocycles. The van der Waals surface area contributed by atoms with E-state index in [1.54, 1.807) is 0 Å². The Morgan fingerprint density at radius 3 is 2.50 bits per heavy atom. The van der Waals surface area contributed by atoms with Gasteiger partial charge in [-0.3, -0.25) is 0 Å². The fourth-order valence-corrected chi connectivity index (χ4v) is 1.42. The topological polar surface area (TPSA) is 64.1 Å². The molecular weight excluding hydrogens is 230 g/mol. The van der Waals surface area contributed by atoms with Crippen molar-refractivity contribution in [3.63, 3.8) is 0 Å². The summed E-state index contributed by atoms with van der Waals surface area (Å²) in [7, 11) is 1.32. The van der Waals surface area contributed by atoms with Crippen LogP contribution in [0.3, 0.4) is 0 Å². The zero-order valence-corrected chi connectivity index (χ0v) is 9.96. The second-order valence-electron chi connectivity index (χ2n) is 3.63. The number of hydrogen-bond acceptors (Lipinski definition) is 5. The molecule has 2 rings (SSSR count). The Labute approximate surface area is 105 Å². The van der Waals surface area contributed by atoms with Gasteiger partial charge >= 0.3 is 5.97 Å². The largest absolute Gasteiger partial charge is 0.465 e. The number of hydrogen-bond donors (Lipinski definition) is 1. The molecular formula is C13H13N3O2. The molecule has 5 nitrogen and oxygen atoms in total. The van der Waals surface area contributed by atoms with Crippen LogP contribution in [0.15, 0.2) is 42.7 Å². The maximum atomic E-state index is 11.2. The molecule has 92 valence electrons. The Hall–Kier alpha value is -2.43. The molecule has 0 amide bonds. The fraction of sp³-hybridized carbons (Fsp3) is 0.154. The molecule has 0 bridgehead atoms. The van der Waals surface area contributed by atoms with Crippen LogP contribution in [0, 0.1) is 0 Å². The van der Waals surface area contributed by atoms with Gasteiger partial charge in [0.1, 0.15) is 0 Å². The number of anilines is 1. The van der Waals surface area contributed by atoms with Crippen molar-refractivity contribution in [1.29, 1.82) is 0 Å². The molecule has 18 heavy (non-hydrogen) atoms. The first-order valence-electron chi connectivity index (χ1n) is 5.48. The van der Waals surface area contributed by atoms with E-state index in [2.05, 4.69) is 20.0 Å². The lowest BCUT2D eigenvalue weighted by Crippen LogP contribution is -2.06. The first-order chi connectivity index (χ1) is 8.79. The number of ether oxygens (including phenoxy) is 1. The lowest BCUT2D eigenvalue weighted by atomic mass is 10.2. The Bertz CT molecular complexity index is 512. The van der Waals surface area contributed by atoms with Gasteiger partial charge in [0.25, 0.3) is 0 Å². The number of rotatable bonds is 4. The molecule has 0 fully saturated rings. The van der Waals surface area contributed by atoms with Crippen molar-refractivity contribution in [2.75, 3.05) is 12.4 Å². The molecule has 0 aliphatic carbocycles. The number of aromatic nitrogens is 2. The van der Waals surface area contributed by atoms with Crippen LogP contribution in [0.1, 0.15) is 15.9 Å². The first kappa shape index (κ1) is 12.0. The highest BCUT2D eigenvalue weighted by Crippen LogP contribution is 2.04. The number of carbonyl (C=O) groups is 1. The highest BCUT2D eigenvalue weighted by Gasteiger charge is 2.06. The van der Waals surface area contributed by atoms with Crippen molar-refractivity contribution < 1.29 is 9.53 Å². The van der Waals surface area contributed by atoms with Crippen LogP contribution in [0.25, 0.3) is 0 Å². The summed E-state index contributed by atoms with van der Waals surface area (Å²) >= 11 is 0. The van der Waals surface area contributed by atoms with Crippen LogP contribution in [0.5, 0.6) is 0 Å². The maximum absolute atomic E-state index is 11.2. The molecule has 0 aliphatic rings. The van der Waals surface area contributed by atoms with Gasteiger partial charge in [-0.05, 0) is 5.56 Å². The first-order valence-corrected chi connectivity index (χ1v) is 5.48. The molecule has 0 spiro atoms. The number of methoxy groups -OCH3 is 1. The normalized spacial score (nSPS) is 9.83. The van der Waals surface area contributed by atoms with Gasteiger partial charge in [-0.15, -0.1) is 0 Å². The Morgan fingerprint density at radius 1 is 1.22 bits per heavy atom. The van der Waals surface area contributed by atoms with E-state index in [-0.39, 0.29) is 0 Å². The Balaban J connectivity index is 1.97. The summed E-state index contributed by atoms with van der Waals surface area (Å²) < 4.78 is 4.57. The lowest BCUT2D eigenvalue weighted by molar-refractivity contribution is 0.0600. The van der Waals surface area contributed by atoms with Crippen molar-refractivity contribution >= 4 is 11.9 Å². The summed E-state index contributed by atoms with van der Waals surface area (Å²) in [6.07, 6.45) is 2.87. The summed E-state index contributed by atoms with van der Waals surface area (Å²) in [5.74, 6) is 0.0381. The van der Waals surface area contributed by atoms with Crippen molar-refractivity contribution in [2.24, 2.45) is 0 Å². The van der Waals surface area contributed by atoms with Crippen LogP contribution in [-0.2, 0) is 11.3 Å². The van der Waals surface area contributed by atoms with Crippen molar-refractivity contribution in [3.8, 4) is 0 Å². The summed E-state index contributed by atoms with van der Waals surface area (Å²) in [4.78, 5) is 19.3. The molecule has 0 atom stereocenters. The lowest BCUT2D eigenvalue weighted by Gasteiger charge is -2.05. The number of benzene rings is 1. The van der Waals surface area contributed by atoms with Crippen LogP contribution in [-0.4, -0.2) is 23.0 Å². The third-order valence-electron chi connectivity index (χ3n) is 2.37. The number of esters is 1. The molecule has 1 N–H and O–H groups in total. The van der Waals surface area contributed by atoms with E-state index in [4.69, 9.17) is 0 Å². The zero-order valence-electron chi connectivity index (χ0n) is 9.96. The average Bonchev–Trinajstić information content (AvgIpc) is 2.46.